The van der Waals surface area contributed by atoms with E-state index in [2.05, 4.69) is 39.6 Å². The Hall–Kier alpha value is -0.0800. The molecule has 96 valence electrons. The molecule has 2 heteroatoms. The van der Waals surface area contributed by atoms with Gasteiger partial charge in [0.05, 0.1) is 6.10 Å². The van der Waals surface area contributed by atoms with Crippen molar-refractivity contribution < 1.29 is 5.11 Å². The highest BCUT2D eigenvalue weighted by Gasteiger charge is 2.37. The lowest BCUT2D eigenvalue weighted by Gasteiger charge is -2.44. The SMILES string of the molecule is CCN(C)C1CC(C(C)(C)CC)CCC1O. The van der Waals surface area contributed by atoms with Crippen LogP contribution in [0.4, 0.5) is 0 Å². The zero-order valence-electron chi connectivity index (χ0n) is 11.7. The van der Waals surface area contributed by atoms with E-state index in [1.807, 2.05) is 0 Å². The molecule has 0 aromatic rings. The van der Waals surface area contributed by atoms with Gasteiger partial charge in [-0.2, -0.15) is 0 Å². The van der Waals surface area contributed by atoms with Crippen LogP contribution in [0.15, 0.2) is 0 Å². The number of hydrogen-bond acceptors (Lipinski definition) is 2. The van der Waals surface area contributed by atoms with Gasteiger partial charge in [0.15, 0.2) is 0 Å². The van der Waals surface area contributed by atoms with Crippen LogP contribution in [0.2, 0.25) is 0 Å². The zero-order chi connectivity index (χ0) is 12.3. The third kappa shape index (κ3) is 2.98. The number of aliphatic hydroxyl groups is 1. The molecule has 1 rings (SSSR count). The molecule has 0 aromatic heterocycles. The highest BCUT2D eigenvalue weighted by atomic mass is 16.3. The minimum Gasteiger partial charge on any atom is -0.391 e. The van der Waals surface area contributed by atoms with Crippen molar-refractivity contribution in [2.75, 3.05) is 13.6 Å². The molecule has 0 amide bonds. The van der Waals surface area contributed by atoms with Gasteiger partial charge in [0.1, 0.15) is 0 Å². The van der Waals surface area contributed by atoms with Gasteiger partial charge in [-0.1, -0.05) is 34.1 Å². The molecular weight excluding hydrogens is 198 g/mol. The molecule has 1 aliphatic carbocycles. The Morgan fingerprint density at radius 2 is 1.88 bits per heavy atom. The first kappa shape index (κ1) is 14.0. The van der Waals surface area contributed by atoms with Crippen molar-refractivity contribution in [3.05, 3.63) is 0 Å². The van der Waals surface area contributed by atoms with Crippen LogP contribution in [-0.4, -0.2) is 35.7 Å². The second kappa shape index (κ2) is 5.50. The first-order valence-electron chi connectivity index (χ1n) is 6.80. The average Bonchev–Trinajstić information content (AvgIpc) is 2.28. The van der Waals surface area contributed by atoms with Crippen LogP contribution in [0, 0.1) is 11.3 Å². The Morgan fingerprint density at radius 1 is 1.25 bits per heavy atom. The summed E-state index contributed by atoms with van der Waals surface area (Å²) >= 11 is 0. The summed E-state index contributed by atoms with van der Waals surface area (Å²) in [6, 6.07) is 0.370. The van der Waals surface area contributed by atoms with Gasteiger partial charge in [0.2, 0.25) is 0 Å². The molecule has 0 radical (unpaired) electrons. The van der Waals surface area contributed by atoms with Crippen molar-refractivity contribution in [3.63, 3.8) is 0 Å². The molecule has 0 heterocycles. The third-order valence-electron chi connectivity index (χ3n) is 4.86. The molecule has 1 N–H and O–H groups in total. The minimum absolute atomic E-state index is 0.117. The maximum Gasteiger partial charge on any atom is 0.0695 e. The van der Waals surface area contributed by atoms with E-state index < -0.39 is 0 Å². The standard InChI is InChI=1S/C14H29NO/c1-6-14(3,4)11-8-9-13(16)12(10-11)15(5)7-2/h11-13,16H,6-10H2,1-5H3. The smallest absolute Gasteiger partial charge is 0.0695 e. The molecule has 2 nitrogen and oxygen atoms in total. The predicted molar refractivity (Wildman–Crippen MR) is 69.5 cm³/mol. The van der Waals surface area contributed by atoms with E-state index in [9.17, 15) is 5.11 Å². The number of nitrogens with zero attached hydrogens (tertiary/aromatic N) is 1. The summed E-state index contributed by atoms with van der Waals surface area (Å²) in [5, 5.41) is 10.1. The second-order valence-corrected chi connectivity index (χ2v) is 6.06. The van der Waals surface area contributed by atoms with Crippen molar-refractivity contribution in [3.8, 4) is 0 Å². The number of likely N-dealkylation sites (N-methyl/N-ethyl adjacent to an activating group) is 1. The summed E-state index contributed by atoms with van der Waals surface area (Å²) in [5.74, 6) is 0.764. The average molecular weight is 227 g/mol. The van der Waals surface area contributed by atoms with Crippen molar-refractivity contribution in [1.29, 1.82) is 0 Å². The summed E-state index contributed by atoms with van der Waals surface area (Å²) in [6.45, 7) is 10.2. The van der Waals surface area contributed by atoms with Crippen molar-refractivity contribution in [2.24, 2.45) is 11.3 Å². The summed E-state index contributed by atoms with van der Waals surface area (Å²) in [4.78, 5) is 2.31. The maximum atomic E-state index is 10.1. The quantitative estimate of drug-likeness (QED) is 0.798. The zero-order valence-corrected chi connectivity index (χ0v) is 11.7. The van der Waals surface area contributed by atoms with Crippen molar-refractivity contribution >= 4 is 0 Å². The van der Waals surface area contributed by atoms with Crippen LogP contribution >= 0.6 is 0 Å². The molecule has 3 unspecified atom stereocenters. The second-order valence-electron chi connectivity index (χ2n) is 6.06. The van der Waals surface area contributed by atoms with Gasteiger partial charge in [-0.05, 0) is 44.2 Å². The number of hydrogen-bond donors (Lipinski definition) is 1. The highest BCUT2D eigenvalue weighted by Crippen LogP contribution is 2.41. The van der Waals surface area contributed by atoms with Gasteiger partial charge in [-0.3, -0.25) is 0 Å². The van der Waals surface area contributed by atoms with Crippen LogP contribution in [-0.2, 0) is 0 Å². The molecule has 3 atom stereocenters. The molecule has 0 bridgehead atoms. The highest BCUT2D eigenvalue weighted by molar-refractivity contribution is 4.90. The molecule has 16 heavy (non-hydrogen) atoms. The van der Waals surface area contributed by atoms with Crippen LogP contribution in [0.5, 0.6) is 0 Å². The summed E-state index contributed by atoms with van der Waals surface area (Å²) in [5.41, 5.74) is 0.424. The molecule has 1 saturated carbocycles. The van der Waals surface area contributed by atoms with Gasteiger partial charge < -0.3 is 10.0 Å². The van der Waals surface area contributed by atoms with Gasteiger partial charge in [-0.15, -0.1) is 0 Å². The predicted octanol–water partition coefficient (Wildman–Crippen LogP) is 2.90. The molecule has 1 aliphatic rings. The number of rotatable bonds is 4. The van der Waals surface area contributed by atoms with Gasteiger partial charge in [0, 0.05) is 6.04 Å². The fourth-order valence-corrected chi connectivity index (χ4v) is 2.84. The molecule has 0 spiro atoms. The largest absolute Gasteiger partial charge is 0.391 e. The Balaban J connectivity index is 2.67. The number of aliphatic hydroxyl groups excluding tert-OH is 1. The lowest BCUT2D eigenvalue weighted by molar-refractivity contribution is -0.0101. The fraction of sp³-hybridized carbons (Fsp3) is 1.00. The van der Waals surface area contributed by atoms with E-state index in [0.717, 1.165) is 25.3 Å². The van der Waals surface area contributed by atoms with Crippen molar-refractivity contribution in [1.82, 2.24) is 4.90 Å². The van der Waals surface area contributed by atoms with E-state index in [0.29, 0.717) is 11.5 Å². The summed E-state index contributed by atoms with van der Waals surface area (Å²) in [7, 11) is 2.13. The topological polar surface area (TPSA) is 23.5 Å². The Kier molecular flexibility index (Phi) is 4.81. The molecule has 0 saturated heterocycles. The van der Waals surface area contributed by atoms with Crippen LogP contribution in [0.1, 0.15) is 53.4 Å². The summed E-state index contributed by atoms with van der Waals surface area (Å²) < 4.78 is 0. The molecule has 1 fully saturated rings. The van der Waals surface area contributed by atoms with Crippen LogP contribution < -0.4 is 0 Å². The Morgan fingerprint density at radius 3 is 2.38 bits per heavy atom. The van der Waals surface area contributed by atoms with Gasteiger partial charge >= 0.3 is 0 Å². The van der Waals surface area contributed by atoms with E-state index in [1.54, 1.807) is 0 Å². The normalized spacial score (nSPS) is 32.1. The summed E-state index contributed by atoms with van der Waals surface area (Å²) in [6.07, 6.45) is 4.44. The molecular formula is C14H29NO. The maximum absolute atomic E-state index is 10.1. The first-order chi connectivity index (χ1) is 7.42. The molecule has 0 aliphatic heterocycles. The Bertz CT molecular complexity index is 211. The first-order valence-corrected chi connectivity index (χ1v) is 6.80. The monoisotopic (exact) mass is 227 g/mol. The Labute approximate surface area is 101 Å². The third-order valence-corrected chi connectivity index (χ3v) is 4.86. The van der Waals surface area contributed by atoms with Gasteiger partial charge in [-0.25, -0.2) is 0 Å². The van der Waals surface area contributed by atoms with Crippen LogP contribution in [0.25, 0.3) is 0 Å². The van der Waals surface area contributed by atoms with E-state index in [1.165, 1.54) is 12.8 Å². The van der Waals surface area contributed by atoms with E-state index in [4.69, 9.17) is 0 Å². The van der Waals surface area contributed by atoms with Gasteiger partial charge in [0.25, 0.3) is 0 Å². The lowest BCUT2D eigenvalue weighted by Crippen LogP contribution is -2.47. The van der Waals surface area contributed by atoms with E-state index >= 15 is 0 Å². The van der Waals surface area contributed by atoms with Crippen molar-refractivity contribution in [2.45, 2.75) is 65.5 Å². The fourth-order valence-electron chi connectivity index (χ4n) is 2.84. The van der Waals surface area contributed by atoms with E-state index in [-0.39, 0.29) is 6.10 Å². The van der Waals surface area contributed by atoms with Crippen LogP contribution in [0.3, 0.4) is 0 Å². The molecule has 0 aromatic carbocycles. The lowest BCUT2D eigenvalue weighted by atomic mass is 9.67. The minimum atomic E-state index is -0.117.